The lowest BCUT2D eigenvalue weighted by Gasteiger charge is -2.21. The van der Waals surface area contributed by atoms with Gasteiger partial charge in [0, 0.05) is 24.7 Å². The average molecular weight is 340 g/mol. The quantitative estimate of drug-likeness (QED) is 0.591. The molecule has 1 saturated heterocycles. The molecule has 0 bridgehead atoms. The zero-order chi connectivity index (χ0) is 17.4. The zero-order valence-electron chi connectivity index (χ0n) is 14.3. The fourth-order valence-corrected chi connectivity index (χ4v) is 2.80. The number of nitrogens with one attached hydrogen (secondary N) is 2. The molecule has 1 unspecified atom stereocenters. The first-order valence-electron chi connectivity index (χ1n) is 8.35. The van der Waals surface area contributed by atoms with Gasteiger partial charge in [-0.2, -0.15) is 8.78 Å². The van der Waals surface area contributed by atoms with Gasteiger partial charge in [0.25, 0.3) is 0 Å². The maximum atomic E-state index is 12.5. The lowest BCUT2D eigenvalue weighted by Crippen LogP contribution is -2.44. The van der Waals surface area contributed by atoms with E-state index in [-0.39, 0.29) is 12.3 Å². The highest BCUT2D eigenvalue weighted by Gasteiger charge is 2.20. The molecule has 0 aromatic heterocycles. The number of rotatable bonds is 7. The lowest BCUT2D eigenvalue weighted by molar-refractivity contribution is -0.0504. The van der Waals surface area contributed by atoms with Crippen molar-refractivity contribution in [2.24, 2.45) is 4.99 Å². The van der Waals surface area contributed by atoms with Crippen molar-refractivity contribution in [1.82, 2.24) is 15.5 Å². The molecule has 1 aromatic carbocycles. The van der Waals surface area contributed by atoms with E-state index >= 15 is 0 Å². The van der Waals surface area contributed by atoms with Gasteiger partial charge in [0.2, 0.25) is 0 Å². The third kappa shape index (κ3) is 5.63. The molecule has 1 aliphatic heterocycles. The van der Waals surface area contributed by atoms with Crippen molar-refractivity contribution in [3.63, 3.8) is 0 Å². The largest absolute Gasteiger partial charge is 0.434 e. The molecule has 1 fully saturated rings. The molecule has 24 heavy (non-hydrogen) atoms. The Kier molecular flexibility index (Phi) is 7.24. The fraction of sp³-hybridized carbons (Fsp3) is 0.588. The normalized spacial score (nSPS) is 18.9. The molecule has 1 aromatic rings. The van der Waals surface area contributed by atoms with Crippen LogP contribution in [-0.4, -0.2) is 50.2 Å². The van der Waals surface area contributed by atoms with E-state index in [0.717, 1.165) is 19.6 Å². The number of para-hydroxylation sites is 1. The highest BCUT2D eigenvalue weighted by Crippen LogP contribution is 2.21. The summed E-state index contributed by atoms with van der Waals surface area (Å²) in [7, 11) is 2.13. The van der Waals surface area contributed by atoms with Crippen molar-refractivity contribution < 1.29 is 13.5 Å². The summed E-state index contributed by atoms with van der Waals surface area (Å²) >= 11 is 0. The second-order valence-corrected chi connectivity index (χ2v) is 5.84. The first kappa shape index (κ1) is 18.4. The molecule has 5 nitrogen and oxygen atoms in total. The number of halogens is 2. The van der Waals surface area contributed by atoms with Gasteiger partial charge in [-0.25, -0.2) is 4.99 Å². The van der Waals surface area contributed by atoms with Crippen molar-refractivity contribution in [2.45, 2.75) is 39.0 Å². The molecule has 0 saturated carbocycles. The van der Waals surface area contributed by atoms with Gasteiger partial charge in [0.15, 0.2) is 5.96 Å². The van der Waals surface area contributed by atoms with Crippen LogP contribution < -0.4 is 15.4 Å². The minimum atomic E-state index is -2.83. The fourth-order valence-electron chi connectivity index (χ4n) is 2.80. The third-order valence-corrected chi connectivity index (χ3v) is 4.12. The number of hydrogen-bond donors (Lipinski definition) is 2. The summed E-state index contributed by atoms with van der Waals surface area (Å²) in [6, 6.07) is 7.24. The predicted octanol–water partition coefficient (Wildman–Crippen LogP) is 2.44. The predicted molar refractivity (Wildman–Crippen MR) is 91.5 cm³/mol. The molecule has 1 heterocycles. The lowest BCUT2D eigenvalue weighted by atomic mass is 10.2. The molecule has 7 heteroatoms. The minimum Gasteiger partial charge on any atom is -0.434 e. The van der Waals surface area contributed by atoms with Crippen LogP contribution in [0.3, 0.4) is 0 Å². The molecule has 2 N–H and O–H groups in total. The number of likely N-dealkylation sites (N-methyl/N-ethyl adjacent to an activating group) is 1. The summed E-state index contributed by atoms with van der Waals surface area (Å²) in [6.45, 7) is 2.11. The van der Waals surface area contributed by atoms with Crippen molar-refractivity contribution in [2.75, 3.05) is 26.7 Å². The molecule has 0 amide bonds. The van der Waals surface area contributed by atoms with Gasteiger partial charge in [-0.3, -0.25) is 0 Å². The summed E-state index contributed by atoms with van der Waals surface area (Å²) in [5.41, 5.74) is 0.632. The van der Waals surface area contributed by atoms with Crippen LogP contribution >= 0.6 is 0 Å². The van der Waals surface area contributed by atoms with Crippen LogP contribution in [0.1, 0.15) is 25.3 Å². The Labute approximate surface area is 142 Å². The van der Waals surface area contributed by atoms with Crippen molar-refractivity contribution in [1.29, 1.82) is 0 Å². The molecule has 1 aliphatic rings. The number of likely N-dealkylation sites (tertiary alicyclic amines) is 1. The van der Waals surface area contributed by atoms with E-state index in [0.29, 0.717) is 17.6 Å². The van der Waals surface area contributed by atoms with Gasteiger partial charge >= 0.3 is 6.61 Å². The maximum absolute atomic E-state index is 12.5. The molecular weight excluding hydrogens is 314 g/mol. The topological polar surface area (TPSA) is 48.9 Å². The zero-order valence-corrected chi connectivity index (χ0v) is 14.3. The molecule has 2 rings (SSSR count). The molecule has 0 aliphatic carbocycles. The summed E-state index contributed by atoms with van der Waals surface area (Å²) < 4.78 is 29.5. The average Bonchev–Trinajstić information content (AvgIpc) is 2.96. The maximum Gasteiger partial charge on any atom is 0.387 e. The summed E-state index contributed by atoms with van der Waals surface area (Å²) in [4.78, 5) is 6.82. The first-order chi connectivity index (χ1) is 11.6. The number of hydrogen-bond acceptors (Lipinski definition) is 3. The second kappa shape index (κ2) is 9.42. The molecule has 0 spiro atoms. The van der Waals surface area contributed by atoms with E-state index in [1.165, 1.54) is 18.9 Å². The number of guanidine groups is 1. The van der Waals surface area contributed by atoms with Gasteiger partial charge in [0.05, 0.1) is 6.54 Å². The van der Waals surface area contributed by atoms with E-state index in [1.54, 1.807) is 18.2 Å². The summed E-state index contributed by atoms with van der Waals surface area (Å²) in [6.07, 6.45) is 2.39. The number of nitrogens with zero attached hydrogens (tertiary/aromatic N) is 2. The highest BCUT2D eigenvalue weighted by molar-refractivity contribution is 5.79. The van der Waals surface area contributed by atoms with Crippen LogP contribution in [0.25, 0.3) is 0 Å². The van der Waals surface area contributed by atoms with Gasteiger partial charge in [-0.05, 0) is 39.4 Å². The van der Waals surface area contributed by atoms with Gasteiger partial charge in [-0.15, -0.1) is 0 Å². The van der Waals surface area contributed by atoms with Crippen molar-refractivity contribution in [3.8, 4) is 5.75 Å². The van der Waals surface area contributed by atoms with E-state index in [1.807, 2.05) is 6.92 Å². The van der Waals surface area contributed by atoms with E-state index in [4.69, 9.17) is 0 Å². The number of ether oxygens (including phenoxy) is 1. The van der Waals surface area contributed by atoms with Crippen LogP contribution in [0.4, 0.5) is 8.78 Å². The van der Waals surface area contributed by atoms with E-state index in [2.05, 4.69) is 32.3 Å². The van der Waals surface area contributed by atoms with Gasteiger partial charge < -0.3 is 20.3 Å². The van der Waals surface area contributed by atoms with Crippen molar-refractivity contribution >= 4 is 5.96 Å². The number of alkyl halides is 2. The Morgan fingerprint density at radius 1 is 1.38 bits per heavy atom. The first-order valence-corrected chi connectivity index (χ1v) is 8.35. The van der Waals surface area contributed by atoms with Gasteiger partial charge in [0.1, 0.15) is 5.75 Å². The van der Waals surface area contributed by atoms with Crippen molar-refractivity contribution in [3.05, 3.63) is 29.8 Å². The van der Waals surface area contributed by atoms with Crippen LogP contribution in [0.2, 0.25) is 0 Å². The van der Waals surface area contributed by atoms with Crippen LogP contribution in [0.5, 0.6) is 5.75 Å². The molecular formula is C17H26F2N4O. The van der Waals surface area contributed by atoms with E-state index < -0.39 is 6.61 Å². The highest BCUT2D eigenvalue weighted by atomic mass is 19.3. The van der Waals surface area contributed by atoms with Crippen LogP contribution in [0.15, 0.2) is 29.3 Å². The Hall–Kier alpha value is -1.89. The third-order valence-electron chi connectivity index (χ3n) is 4.12. The standard InChI is InChI=1S/C17H26F2N4O/c1-3-20-17(22-12-14-8-6-10-23(14)2)21-11-13-7-4-5-9-15(13)24-16(18)19/h4-5,7,9,14,16H,3,6,8,10-12H2,1-2H3,(H2,20,21,22). The molecule has 1 atom stereocenters. The minimum absolute atomic E-state index is 0.169. The Morgan fingerprint density at radius 3 is 2.83 bits per heavy atom. The van der Waals surface area contributed by atoms with E-state index in [9.17, 15) is 8.78 Å². The smallest absolute Gasteiger partial charge is 0.387 e. The Morgan fingerprint density at radius 2 is 2.17 bits per heavy atom. The van der Waals surface area contributed by atoms with Crippen LogP contribution in [0, 0.1) is 0 Å². The summed E-state index contributed by atoms with van der Waals surface area (Å²) in [5.74, 6) is 0.854. The number of benzene rings is 1. The second-order valence-electron chi connectivity index (χ2n) is 5.84. The molecule has 0 radical (unpaired) electrons. The monoisotopic (exact) mass is 340 g/mol. The SMILES string of the molecule is CCNC(=NCc1ccccc1OC(F)F)NCC1CCCN1C. The Bertz CT molecular complexity index is 539. The molecule has 134 valence electrons. The number of aliphatic imine (C=N–C) groups is 1. The van der Waals surface area contributed by atoms with Crippen LogP contribution in [-0.2, 0) is 6.54 Å². The van der Waals surface area contributed by atoms with Gasteiger partial charge in [-0.1, -0.05) is 18.2 Å². The Balaban J connectivity index is 1.97. The summed E-state index contributed by atoms with van der Waals surface area (Å²) in [5, 5.41) is 6.52.